The van der Waals surface area contributed by atoms with Crippen molar-refractivity contribution in [3.05, 3.63) is 103 Å². The third-order valence-corrected chi connectivity index (χ3v) is 9.10. The van der Waals surface area contributed by atoms with Gasteiger partial charge in [0.1, 0.15) is 34.9 Å². The number of halogens is 1. The molecule has 0 unspecified atom stereocenters. The molecule has 0 N–H and O–H groups in total. The number of carbonyl (C=O) groups is 1. The summed E-state index contributed by atoms with van der Waals surface area (Å²) in [5, 5.41) is 3.67. The van der Waals surface area contributed by atoms with Crippen LogP contribution in [-0.2, 0) is 9.53 Å². The maximum atomic E-state index is 12.8. The van der Waals surface area contributed by atoms with E-state index in [0.29, 0.717) is 11.7 Å². The fourth-order valence-corrected chi connectivity index (χ4v) is 7.66. The molecule has 0 aromatic heterocycles. The van der Waals surface area contributed by atoms with E-state index in [0.717, 1.165) is 0 Å². The molecule has 3 aromatic carbocycles. The van der Waals surface area contributed by atoms with Gasteiger partial charge < -0.3 is 21.7 Å². The van der Waals surface area contributed by atoms with E-state index in [9.17, 15) is 4.79 Å². The van der Waals surface area contributed by atoms with Crippen molar-refractivity contribution in [1.29, 1.82) is 0 Å². The van der Waals surface area contributed by atoms with E-state index in [1.165, 1.54) is 15.9 Å². The van der Waals surface area contributed by atoms with E-state index in [-0.39, 0.29) is 23.0 Å². The van der Waals surface area contributed by atoms with Gasteiger partial charge in [0.05, 0.1) is 5.57 Å². The minimum Gasteiger partial charge on any atom is -1.00 e. The van der Waals surface area contributed by atoms with Gasteiger partial charge in [-0.25, -0.2) is 4.79 Å². The van der Waals surface area contributed by atoms with Crippen molar-refractivity contribution >= 4 is 29.1 Å². The molecule has 0 saturated heterocycles. The molecule has 0 amide bonds. The number of rotatable bonds is 6. The van der Waals surface area contributed by atoms with Crippen LogP contribution in [0.3, 0.4) is 0 Å². The molecule has 0 heterocycles. The van der Waals surface area contributed by atoms with Crippen LogP contribution < -0.4 is 32.9 Å². The van der Waals surface area contributed by atoms with Gasteiger partial charge in [0.25, 0.3) is 0 Å². The van der Waals surface area contributed by atoms with E-state index in [1.807, 2.05) is 39.0 Å². The first-order chi connectivity index (χ1) is 13.8. The maximum Gasteiger partial charge on any atom is 0.337 e. The van der Waals surface area contributed by atoms with Crippen LogP contribution in [-0.4, -0.2) is 17.7 Å². The molecule has 4 heteroatoms. The van der Waals surface area contributed by atoms with E-state index in [1.54, 1.807) is 0 Å². The highest BCUT2D eigenvalue weighted by Gasteiger charge is 2.46. The SMILES string of the molecule is C=C(C[P+](c1ccccc1)(c1ccccc1)c1ccccc1)C(=O)OC(C)(C)C.[Br-]. The molecule has 0 aliphatic heterocycles. The van der Waals surface area contributed by atoms with E-state index < -0.39 is 12.9 Å². The summed E-state index contributed by atoms with van der Waals surface area (Å²) in [6, 6.07) is 31.4. The van der Waals surface area contributed by atoms with Crippen LogP contribution in [0.25, 0.3) is 0 Å². The average molecular weight is 483 g/mol. The van der Waals surface area contributed by atoms with E-state index >= 15 is 0 Å². The fourth-order valence-electron chi connectivity index (χ4n) is 3.47. The Hall–Kier alpha value is -2.22. The Morgan fingerprint density at radius 3 is 1.40 bits per heavy atom. The molecule has 0 aliphatic carbocycles. The minimum atomic E-state index is -2.13. The average Bonchev–Trinajstić information content (AvgIpc) is 2.72. The van der Waals surface area contributed by atoms with Gasteiger partial charge in [-0.3, -0.25) is 0 Å². The van der Waals surface area contributed by atoms with E-state index in [4.69, 9.17) is 4.74 Å². The third-order valence-electron chi connectivity index (χ3n) is 4.71. The summed E-state index contributed by atoms with van der Waals surface area (Å²) in [7, 11) is -2.13. The van der Waals surface area contributed by atoms with Crippen molar-refractivity contribution in [2.75, 3.05) is 6.16 Å². The van der Waals surface area contributed by atoms with Gasteiger partial charge in [0.15, 0.2) is 0 Å². The summed E-state index contributed by atoms with van der Waals surface area (Å²) in [6.07, 6.45) is 0.542. The highest BCUT2D eigenvalue weighted by Crippen LogP contribution is 2.56. The molecule has 0 bridgehead atoms. The molecular weight excluding hydrogens is 455 g/mol. The molecule has 0 atom stereocenters. The standard InChI is InChI=1S/C26H28O2P.BrH/c1-21(25(27)28-26(2,3)4)20-29(22-14-8-5-9-15-22,23-16-10-6-11-17-23)24-18-12-7-13-19-24;/h5-19H,1,20H2,2-4H3;1H/q+1;/p-1. The molecule has 0 radical (unpaired) electrons. The minimum absolute atomic E-state index is 0. The first kappa shape index (κ1) is 24.1. The molecule has 3 aromatic rings. The topological polar surface area (TPSA) is 26.3 Å². The molecule has 156 valence electrons. The normalized spacial score (nSPS) is 11.3. The number of esters is 1. The van der Waals surface area contributed by atoms with Crippen LogP contribution in [0.5, 0.6) is 0 Å². The number of hydrogen-bond acceptors (Lipinski definition) is 2. The van der Waals surface area contributed by atoms with Crippen molar-refractivity contribution in [2.24, 2.45) is 0 Å². The maximum absolute atomic E-state index is 12.8. The zero-order valence-electron chi connectivity index (χ0n) is 17.7. The second kappa shape index (κ2) is 10.2. The summed E-state index contributed by atoms with van der Waals surface area (Å²) in [5.41, 5.74) is -0.0438. The van der Waals surface area contributed by atoms with Crippen molar-refractivity contribution in [2.45, 2.75) is 26.4 Å². The van der Waals surface area contributed by atoms with Crippen LogP contribution in [0.15, 0.2) is 103 Å². The number of ether oxygens (including phenoxy) is 1. The van der Waals surface area contributed by atoms with E-state index in [2.05, 4.69) is 79.4 Å². The zero-order chi connectivity index (χ0) is 20.9. The molecule has 2 nitrogen and oxygen atoms in total. The molecule has 0 aliphatic rings. The Morgan fingerprint density at radius 2 is 1.10 bits per heavy atom. The van der Waals surface area contributed by atoms with Gasteiger partial charge in [-0.15, -0.1) is 0 Å². The molecule has 3 rings (SSSR count). The molecule has 0 fully saturated rings. The first-order valence-corrected chi connectivity index (χ1v) is 11.8. The third kappa shape index (κ3) is 5.47. The summed E-state index contributed by atoms with van der Waals surface area (Å²) in [5.74, 6) is -0.329. The van der Waals surface area contributed by atoms with Gasteiger partial charge in [-0.05, 0) is 57.2 Å². The largest absolute Gasteiger partial charge is 1.00 e. The lowest BCUT2D eigenvalue weighted by Gasteiger charge is -2.28. The predicted molar refractivity (Wildman–Crippen MR) is 125 cm³/mol. The zero-order valence-corrected chi connectivity index (χ0v) is 20.2. The highest BCUT2D eigenvalue weighted by atomic mass is 79.9. The van der Waals surface area contributed by atoms with Crippen LogP contribution in [0, 0.1) is 0 Å². The summed E-state index contributed by atoms with van der Waals surface area (Å²) in [6.45, 7) is 9.80. The van der Waals surface area contributed by atoms with Gasteiger partial charge in [0.2, 0.25) is 0 Å². The Bertz CT molecular complexity index is 868. The lowest BCUT2D eigenvalue weighted by atomic mass is 10.2. The molecular formula is C26H28BrO2P. The number of carbonyl (C=O) groups excluding carboxylic acids is 1. The Morgan fingerprint density at radius 1 is 0.767 bits per heavy atom. The Labute approximate surface area is 191 Å². The molecule has 30 heavy (non-hydrogen) atoms. The van der Waals surface area contributed by atoms with Crippen LogP contribution in [0.2, 0.25) is 0 Å². The quantitative estimate of drug-likeness (QED) is 0.304. The first-order valence-electron chi connectivity index (χ1n) is 9.79. The van der Waals surface area contributed by atoms with Crippen molar-refractivity contribution in [3.63, 3.8) is 0 Å². The van der Waals surface area contributed by atoms with Crippen molar-refractivity contribution in [3.8, 4) is 0 Å². The smallest absolute Gasteiger partial charge is 0.337 e. The van der Waals surface area contributed by atoms with Gasteiger partial charge in [0, 0.05) is 0 Å². The lowest BCUT2D eigenvalue weighted by Crippen LogP contribution is -3.00. The van der Waals surface area contributed by atoms with Crippen molar-refractivity contribution < 1.29 is 26.5 Å². The summed E-state index contributed by atoms with van der Waals surface area (Å²) < 4.78 is 5.63. The second-order valence-corrected chi connectivity index (χ2v) is 11.6. The Balaban J connectivity index is 0.00000320. The summed E-state index contributed by atoms with van der Waals surface area (Å²) >= 11 is 0. The fraction of sp³-hybridized carbons (Fsp3) is 0.192. The second-order valence-electron chi connectivity index (χ2n) is 8.08. The molecule has 0 spiro atoms. The van der Waals surface area contributed by atoms with Gasteiger partial charge in [-0.2, -0.15) is 0 Å². The lowest BCUT2D eigenvalue weighted by molar-refractivity contribution is -0.149. The Kier molecular flexibility index (Phi) is 8.18. The number of benzene rings is 3. The number of hydrogen-bond donors (Lipinski definition) is 0. The molecule has 0 saturated carbocycles. The monoisotopic (exact) mass is 482 g/mol. The van der Waals surface area contributed by atoms with Crippen LogP contribution >= 0.6 is 7.26 Å². The van der Waals surface area contributed by atoms with Gasteiger partial charge in [-0.1, -0.05) is 61.2 Å². The summed E-state index contributed by atoms with van der Waals surface area (Å²) in [4.78, 5) is 12.8. The highest BCUT2D eigenvalue weighted by molar-refractivity contribution is 7.95. The van der Waals surface area contributed by atoms with Crippen LogP contribution in [0.1, 0.15) is 20.8 Å². The van der Waals surface area contributed by atoms with Crippen molar-refractivity contribution in [1.82, 2.24) is 0 Å². The van der Waals surface area contributed by atoms with Gasteiger partial charge >= 0.3 is 5.97 Å². The van der Waals surface area contributed by atoms with Crippen LogP contribution in [0.4, 0.5) is 0 Å². The predicted octanol–water partition coefficient (Wildman–Crippen LogP) is 1.88.